The Labute approximate surface area is 66.2 Å². The Morgan fingerprint density at radius 1 is 1.27 bits per heavy atom. The van der Waals surface area contributed by atoms with E-state index in [1.54, 1.807) is 0 Å². The largest absolute Gasteiger partial charge is 0.494 e. The lowest BCUT2D eigenvalue weighted by atomic mass is 9.88. The maximum atomic E-state index is 5.76. The first-order valence-electron chi connectivity index (χ1n) is 4.47. The third kappa shape index (κ3) is 0.673. The fourth-order valence-corrected chi connectivity index (χ4v) is 2.41. The monoisotopic (exact) mass is 152 g/mol. The Kier molecular flexibility index (Phi) is 1.04. The van der Waals surface area contributed by atoms with Crippen molar-refractivity contribution in [3.8, 4) is 0 Å². The fraction of sp³-hybridized carbons (Fsp3) is 0.778. The molecule has 0 aromatic heterocycles. The predicted octanol–water partition coefficient (Wildman–Crippen LogP) is 1.82. The molecule has 0 saturated carbocycles. The molecule has 11 heavy (non-hydrogen) atoms. The second-order valence-corrected chi connectivity index (χ2v) is 3.58. The summed E-state index contributed by atoms with van der Waals surface area (Å²) in [4.78, 5) is 0. The smallest absolute Gasteiger partial charge is 0.140 e. The highest BCUT2D eigenvalue weighted by molar-refractivity contribution is 5.18. The van der Waals surface area contributed by atoms with Gasteiger partial charge in [-0.2, -0.15) is 0 Å². The van der Waals surface area contributed by atoms with Gasteiger partial charge in [0, 0.05) is 12.8 Å². The van der Waals surface area contributed by atoms with E-state index >= 15 is 0 Å². The maximum absolute atomic E-state index is 5.76. The van der Waals surface area contributed by atoms with E-state index in [9.17, 15) is 0 Å². The summed E-state index contributed by atoms with van der Waals surface area (Å²) in [6.45, 7) is 0.875. The van der Waals surface area contributed by atoms with Crippen LogP contribution in [0.5, 0.6) is 0 Å². The Morgan fingerprint density at radius 3 is 3.18 bits per heavy atom. The second-order valence-electron chi connectivity index (χ2n) is 3.58. The molecule has 0 amide bonds. The summed E-state index contributed by atoms with van der Waals surface area (Å²) in [5.74, 6) is 3.00. The molecule has 2 heteroatoms. The second kappa shape index (κ2) is 1.93. The molecule has 4 bridgehead atoms. The van der Waals surface area contributed by atoms with Gasteiger partial charge >= 0.3 is 0 Å². The molecule has 0 aromatic rings. The van der Waals surface area contributed by atoms with Gasteiger partial charge in [0.2, 0.25) is 0 Å². The van der Waals surface area contributed by atoms with Crippen LogP contribution in [-0.4, -0.2) is 12.7 Å². The first-order valence-corrected chi connectivity index (χ1v) is 4.47. The molecule has 1 aliphatic carbocycles. The Bertz CT molecular complexity index is 220. The molecule has 3 rings (SSSR count). The zero-order valence-corrected chi connectivity index (χ0v) is 6.51. The summed E-state index contributed by atoms with van der Waals surface area (Å²) in [7, 11) is 0. The van der Waals surface area contributed by atoms with Crippen molar-refractivity contribution < 1.29 is 9.47 Å². The van der Waals surface area contributed by atoms with Gasteiger partial charge in [0.15, 0.2) is 0 Å². The minimum Gasteiger partial charge on any atom is -0.494 e. The van der Waals surface area contributed by atoms with Crippen LogP contribution in [0.15, 0.2) is 11.5 Å². The summed E-state index contributed by atoms with van der Waals surface area (Å²) in [6, 6.07) is 0. The van der Waals surface area contributed by atoms with E-state index in [1.807, 2.05) is 0 Å². The van der Waals surface area contributed by atoms with Gasteiger partial charge < -0.3 is 9.47 Å². The molecule has 2 atom stereocenters. The van der Waals surface area contributed by atoms with Gasteiger partial charge in [-0.25, -0.2) is 0 Å². The minimum atomic E-state index is 0.483. The molecule has 0 spiro atoms. The van der Waals surface area contributed by atoms with Crippen LogP contribution in [0.1, 0.15) is 25.7 Å². The third-order valence-electron chi connectivity index (χ3n) is 2.93. The maximum Gasteiger partial charge on any atom is 0.140 e. The average Bonchev–Trinajstić information content (AvgIpc) is 2.31. The van der Waals surface area contributed by atoms with Crippen LogP contribution in [0.2, 0.25) is 0 Å². The van der Waals surface area contributed by atoms with Crippen LogP contribution in [0.3, 0.4) is 0 Å². The highest BCUT2D eigenvalue weighted by Gasteiger charge is 2.43. The number of allylic oxidation sites excluding steroid dienone is 1. The van der Waals surface area contributed by atoms with Crippen molar-refractivity contribution in [2.75, 3.05) is 6.61 Å². The predicted molar refractivity (Wildman–Crippen MR) is 39.8 cm³/mol. The Hall–Kier alpha value is -0.660. The molecular formula is C9H12O2. The lowest BCUT2D eigenvalue weighted by molar-refractivity contribution is 0.0496. The van der Waals surface area contributed by atoms with Gasteiger partial charge in [-0.1, -0.05) is 0 Å². The molecule has 0 radical (unpaired) electrons. The van der Waals surface area contributed by atoms with Crippen molar-refractivity contribution in [3.63, 3.8) is 0 Å². The number of rotatable bonds is 0. The third-order valence-corrected chi connectivity index (χ3v) is 2.93. The quantitative estimate of drug-likeness (QED) is 0.527. The normalized spacial score (nSPS) is 40.0. The van der Waals surface area contributed by atoms with E-state index in [2.05, 4.69) is 0 Å². The Morgan fingerprint density at radius 2 is 2.27 bits per heavy atom. The number of hydrogen-bond donors (Lipinski definition) is 0. The van der Waals surface area contributed by atoms with Crippen LogP contribution in [0.25, 0.3) is 0 Å². The minimum absolute atomic E-state index is 0.483. The molecule has 2 nitrogen and oxygen atoms in total. The van der Waals surface area contributed by atoms with Gasteiger partial charge in [-0.15, -0.1) is 0 Å². The van der Waals surface area contributed by atoms with Gasteiger partial charge in [0.25, 0.3) is 0 Å². The van der Waals surface area contributed by atoms with Gasteiger partial charge in [-0.3, -0.25) is 0 Å². The molecule has 0 aromatic carbocycles. The molecule has 2 heterocycles. The molecule has 60 valence electrons. The van der Waals surface area contributed by atoms with E-state index in [-0.39, 0.29) is 0 Å². The highest BCUT2D eigenvalue weighted by Crippen LogP contribution is 2.45. The highest BCUT2D eigenvalue weighted by atomic mass is 16.6. The number of ether oxygens (including phenoxy) is 2. The SMILES string of the molecule is C1CC2=C3OCCC(O2)C3C1. The van der Waals surface area contributed by atoms with Crippen molar-refractivity contribution in [2.45, 2.75) is 31.8 Å². The molecule has 0 N–H and O–H groups in total. The first-order chi connectivity index (χ1) is 5.45. The van der Waals surface area contributed by atoms with Crippen molar-refractivity contribution >= 4 is 0 Å². The zero-order valence-electron chi connectivity index (χ0n) is 6.51. The molecule has 3 aliphatic rings. The number of hydrogen-bond acceptors (Lipinski definition) is 2. The van der Waals surface area contributed by atoms with Crippen LogP contribution >= 0.6 is 0 Å². The molecule has 1 fully saturated rings. The van der Waals surface area contributed by atoms with E-state index in [0.29, 0.717) is 12.0 Å². The molecule has 1 saturated heterocycles. The van der Waals surface area contributed by atoms with Gasteiger partial charge in [-0.05, 0) is 12.8 Å². The van der Waals surface area contributed by atoms with E-state index in [0.717, 1.165) is 19.4 Å². The van der Waals surface area contributed by atoms with Crippen LogP contribution in [-0.2, 0) is 9.47 Å². The molecule has 2 aliphatic heterocycles. The summed E-state index contributed by atoms with van der Waals surface area (Å²) in [5.41, 5.74) is 0. The van der Waals surface area contributed by atoms with Gasteiger partial charge in [0.05, 0.1) is 12.5 Å². The van der Waals surface area contributed by atoms with Crippen molar-refractivity contribution in [1.82, 2.24) is 0 Å². The van der Waals surface area contributed by atoms with E-state index < -0.39 is 0 Å². The first kappa shape index (κ1) is 5.92. The van der Waals surface area contributed by atoms with Crippen molar-refractivity contribution in [3.05, 3.63) is 11.5 Å². The topological polar surface area (TPSA) is 18.5 Å². The van der Waals surface area contributed by atoms with E-state index in [1.165, 1.54) is 24.4 Å². The van der Waals surface area contributed by atoms with Crippen molar-refractivity contribution in [2.24, 2.45) is 5.92 Å². The summed E-state index contributed by atoms with van der Waals surface area (Å²) < 4.78 is 11.4. The zero-order chi connectivity index (χ0) is 7.26. The fourth-order valence-electron chi connectivity index (χ4n) is 2.41. The molecular weight excluding hydrogens is 140 g/mol. The summed E-state index contributed by atoms with van der Waals surface area (Å²) in [5, 5.41) is 0. The van der Waals surface area contributed by atoms with Crippen LogP contribution in [0, 0.1) is 5.92 Å². The molecule has 2 unspecified atom stereocenters. The summed E-state index contributed by atoms with van der Waals surface area (Å²) in [6.07, 6.45) is 5.27. The summed E-state index contributed by atoms with van der Waals surface area (Å²) >= 11 is 0. The lowest BCUT2D eigenvalue weighted by Crippen LogP contribution is -2.26. The van der Waals surface area contributed by atoms with Crippen LogP contribution in [0.4, 0.5) is 0 Å². The van der Waals surface area contributed by atoms with Crippen molar-refractivity contribution in [1.29, 1.82) is 0 Å². The lowest BCUT2D eigenvalue weighted by Gasteiger charge is -2.25. The standard InChI is InChI=1S/C9H12O2/c1-2-6-7-4-5-10-9(6)8(3-1)11-7/h6-7H,1-5H2. The Balaban J connectivity index is 2.03. The van der Waals surface area contributed by atoms with E-state index in [4.69, 9.17) is 9.47 Å². The van der Waals surface area contributed by atoms with Crippen LogP contribution < -0.4 is 0 Å². The average molecular weight is 152 g/mol. The van der Waals surface area contributed by atoms with Gasteiger partial charge in [0.1, 0.15) is 17.6 Å².